The first-order valence-corrected chi connectivity index (χ1v) is 13.7. The second kappa shape index (κ2) is 12.8. The van der Waals surface area contributed by atoms with Crippen LogP contribution in [0.5, 0.6) is 0 Å². The number of rotatable bonds is 8. The zero-order chi connectivity index (χ0) is 34.0. The molecule has 4 rings (SSSR count). The van der Waals surface area contributed by atoms with Crippen molar-refractivity contribution in [2.75, 3.05) is 10.6 Å². The molecule has 4 N–H and O–H groups in total. The molecule has 0 unspecified atom stereocenters. The molecule has 0 fully saturated rings. The Morgan fingerprint density at radius 3 is 1.15 bits per heavy atom. The number of carbonyl (C=O) groups excluding carboxylic acids is 2. The van der Waals surface area contributed by atoms with Gasteiger partial charge in [-0.05, 0) is 84.9 Å². The Balaban J connectivity index is 1.56. The molecule has 0 saturated carbocycles. The maximum atomic E-state index is 13.3. The number of benzene rings is 4. The van der Waals surface area contributed by atoms with E-state index in [2.05, 4.69) is 10.6 Å². The Labute approximate surface area is 256 Å². The first-order chi connectivity index (χ1) is 21.5. The lowest BCUT2D eigenvalue weighted by atomic mass is 10.1. The van der Waals surface area contributed by atoms with Gasteiger partial charge in [-0.1, -0.05) is 0 Å². The van der Waals surface area contributed by atoms with Gasteiger partial charge in [-0.2, -0.15) is 26.3 Å². The first kappa shape index (κ1) is 33.4. The number of carboxylic acids is 2. The maximum absolute atomic E-state index is 13.3. The van der Waals surface area contributed by atoms with E-state index in [0.717, 1.165) is 48.5 Å². The van der Waals surface area contributed by atoms with E-state index in [0.29, 0.717) is 24.3 Å². The van der Waals surface area contributed by atoms with Crippen LogP contribution < -0.4 is 10.6 Å². The third-order valence-electron chi connectivity index (χ3n) is 6.32. The molecule has 0 aliphatic rings. The van der Waals surface area contributed by atoms with Crippen molar-refractivity contribution >= 4 is 45.9 Å². The lowest BCUT2D eigenvalue weighted by Crippen LogP contribution is -2.16. The fraction of sp³-hybridized carbons (Fsp3) is 0.0667. The topological polar surface area (TPSA) is 150 Å². The Hall–Kier alpha value is -5.51. The Bertz CT molecular complexity index is 1740. The summed E-state index contributed by atoms with van der Waals surface area (Å²) < 4.78 is 90.1. The highest BCUT2D eigenvalue weighted by Gasteiger charge is 2.31. The molecule has 0 saturated heterocycles. The summed E-state index contributed by atoms with van der Waals surface area (Å²) in [6.45, 7) is 0. The van der Waals surface area contributed by atoms with Gasteiger partial charge in [-0.15, -0.1) is 0 Å². The number of halogens is 6. The van der Waals surface area contributed by atoms with Crippen molar-refractivity contribution in [1.82, 2.24) is 0 Å². The summed E-state index contributed by atoms with van der Waals surface area (Å²) in [6.07, 6.45) is -9.27. The summed E-state index contributed by atoms with van der Waals surface area (Å²) in [5.74, 6) is -4.97. The van der Waals surface area contributed by atoms with Gasteiger partial charge >= 0.3 is 24.3 Å². The molecule has 46 heavy (non-hydrogen) atoms. The van der Waals surface area contributed by atoms with Crippen LogP contribution in [0, 0.1) is 0 Å². The number of aromatic carboxylic acids is 2. The van der Waals surface area contributed by atoms with Gasteiger partial charge in [-0.3, -0.25) is 9.59 Å². The van der Waals surface area contributed by atoms with E-state index in [1.54, 1.807) is 0 Å². The molecule has 0 spiro atoms. The molecule has 4 aromatic carbocycles. The molecule has 0 atom stereocenters. The van der Waals surface area contributed by atoms with Gasteiger partial charge in [0, 0.05) is 20.9 Å². The van der Waals surface area contributed by atoms with Crippen molar-refractivity contribution in [2.24, 2.45) is 0 Å². The summed E-state index contributed by atoms with van der Waals surface area (Å²) in [6, 6.07) is 12.7. The highest BCUT2D eigenvalue weighted by atomic mass is 32.2. The quantitative estimate of drug-likeness (QED) is 0.152. The predicted molar refractivity (Wildman–Crippen MR) is 150 cm³/mol. The molecule has 0 aliphatic carbocycles. The number of carbonyl (C=O) groups is 4. The number of nitrogens with one attached hydrogen (secondary N) is 2. The average molecular weight is 665 g/mol. The van der Waals surface area contributed by atoms with Crippen LogP contribution in [0.2, 0.25) is 0 Å². The minimum atomic E-state index is -4.63. The van der Waals surface area contributed by atoms with Crippen molar-refractivity contribution in [3.05, 3.63) is 118 Å². The minimum absolute atomic E-state index is 0.136. The molecule has 0 aromatic heterocycles. The van der Waals surface area contributed by atoms with Crippen LogP contribution in [0.3, 0.4) is 0 Å². The summed E-state index contributed by atoms with van der Waals surface area (Å²) in [4.78, 5) is 48.7. The summed E-state index contributed by atoms with van der Waals surface area (Å²) in [7, 11) is -2.20. The second-order valence-corrected chi connectivity index (χ2v) is 10.8. The van der Waals surface area contributed by atoms with Crippen LogP contribution in [0.1, 0.15) is 52.6 Å². The van der Waals surface area contributed by atoms with Gasteiger partial charge in [-0.25, -0.2) is 13.8 Å². The number of amides is 2. The van der Waals surface area contributed by atoms with E-state index in [9.17, 15) is 59.9 Å². The standard InChI is InChI=1S/C30H18F6N2O7S/c31-29(32,33)17-5-1-15(2-6-17)25(39)37-23-11-9-19(13-21(23)27(41)42)46(45)20-10-12-24(22(14-20)28(43)44)38-26(40)16-3-7-18(8-4-16)30(34,35)36/h1-14H,(H,37,39)(H,38,40)(H,41,42)(H,43,44). The zero-order valence-electron chi connectivity index (χ0n) is 22.7. The molecular weight excluding hydrogens is 646 g/mol. The average Bonchev–Trinajstić information content (AvgIpc) is 3.00. The predicted octanol–water partition coefficient (Wildman–Crippen LogP) is 6.79. The number of alkyl halides is 6. The Kier molecular flexibility index (Phi) is 9.32. The van der Waals surface area contributed by atoms with E-state index < -0.39 is 69.2 Å². The van der Waals surface area contributed by atoms with E-state index in [1.165, 1.54) is 12.1 Å². The molecule has 9 nitrogen and oxygen atoms in total. The number of carboxylic acid groups (broad SMARTS) is 2. The minimum Gasteiger partial charge on any atom is -0.478 e. The van der Waals surface area contributed by atoms with Gasteiger partial charge in [0.2, 0.25) is 0 Å². The molecule has 2 amide bonds. The van der Waals surface area contributed by atoms with Crippen molar-refractivity contribution in [1.29, 1.82) is 0 Å². The van der Waals surface area contributed by atoms with Crippen LogP contribution in [0.15, 0.2) is 94.7 Å². The van der Waals surface area contributed by atoms with Crippen LogP contribution in [0.25, 0.3) is 0 Å². The molecular formula is C30H18F6N2O7S. The number of hydrogen-bond acceptors (Lipinski definition) is 5. The largest absolute Gasteiger partial charge is 0.478 e. The molecule has 4 aromatic rings. The Morgan fingerprint density at radius 2 is 0.870 bits per heavy atom. The fourth-order valence-corrected chi connectivity index (χ4v) is 5.10. The van der Waals surface area contributed by atoms with Gasteiger partial charge < -0.3 is 20.8 Å². The Morgan fingerprint density at radius 1 is 0.543 bits per heavy atom. The number of hydrogen-bond donors (Lipinski definition) is 4. The normalized spacial score (nSPS) is 11.6. The van der Waals surface area contributed by atoms with E-state index in [4.69, 9.17) is 0 Å². The summed E-state index contributed by atoms with van der Waals surface area (Å²) in [5.41, 5.74) is -4.02. The first-order valence-electron chi connectivity index (χ1n) is 12.6. The van der Waals surface area contributed by atoms with E-state index >= 15 is 0 Å². The second-order valence-electron chi connectivity index (χ2n) is 9.35. The maximum Gasteiger partial charge on any atom is 0.416 e. The lowest BCUT2D eigenvalue weighted by molar-refractivity contribution is -0.138. The zero-order valence-corrected chi connectivity index (χ0v) is 23.5. The van der Waals surface area contributed by atoms with Crippen LogP contribution in [-0.2, 0) is 23.2 Å². The van der Waals surface area contributed by atoms with Crippen LogP contribution >= 0.6 is 0 Å². The monoisotopic (exact) mass is 664 g/mol. The van der Waals surface area contributed by atoms with Crippen molar-refractivity contribution in [2.45, 2.75) is 22.1 Å². The molecule has 16 heteroatoms. The van der Waals surface area contributed by atoms with Crippen molar-refractivity contribution in [3.63, 3.8) is 0 Å². The molecule has 0 aliphatic heterocycles. The fourth-order valence-electron chi connectivity index (χ4n) is 4.00. The SMILES string of the molecule is O=C(Nc1ccc(S(=O)c2ccc(NC(=O)c3ccc(C(F)(F)F)cc3)c(C(=O)O)c2)cc1C(=O)O)c1ccc(C(F)(F)F)cc1. The van der Waals surface area contributed by atoms with Crippen molar-refractivity contribution < 1.29 is 59.9 Å². The molecule has 0 bridgehead atoms. The van der Waals surface area contributed by atoms with Gasteiger partial charge in [0.25, 0.3) is 11.8 Å². The van der Waals surface area contributed by atoms with E-state index in [-0.39, 0.29) is 32.3 Å². The van der Waals surface area contributed by atoms with Crippen LogP contribution in [-0.4, -0.2) is 38.2 Å². The van der Waals surface area contributed by atoms with Crippen molar-refractivity contribution in [3.8, 4) is 0 Å². The third kappa shape index (κ3) is 7.58. The molecule has 0 radical (unpaired) electrons. The molecule has 0 heterocycles. The highest BCUT2D eigenvalue weighted by Crippen LogP contribution is 2.31. The molecule has 238 valence electrons. The lowest BCUT2D eigenvalue weighted by Gasteiger charge is -2.13. The smallest absolute Gasteiger partial charge is 0.416 e. The van der Waals surface area contributed by atoms with Crippen LogP contribution in [0.4, 0.5) is 37.7 Å². The summed E-state index contributed by atoms with van der Waals surface area (Å²) >= 11 is 0. The van der Waals surface area contributed by atoms with Gasteiger partial charge in [0.05, 0.1) is 44.4 Å². The van der Waals surface area contributed by atoms with Gasteiger partial charge in [0.1, 0.15) is 0 Å². The van der Waals surface area contributed by atoms with E-state index in [1.807, 2.05) is 0 Å². The number of anilines is 2. The van der Waals surface area contributed by atoms with Gasteiger partial charge in [0.15, 0.2) is 0 Å². The summed E-state index contributed by atoms with van der Waals surface area (Å²) in [5, 5.41) is 23.9. The third-order valence-corrected chi connectivity index (χ3v) is 7.68. The highest BCUT2D eigenvalue weighted by molar-refractivity contribution is 7.85.